The fraction of sp³-hybridized carbons (Fsp3) is 0.250. The first-order valence-electron chi connectivity index (χ1n) is 10.4. The molecule has 1 aliphatic rings. The van der Waals surface area contributed by atoms with Crippen molar-refractivity contribution >= 4 is 17.4 Å². The lowest BCUT2D eigenvalue weighted by Crippen LogP contribution is -2.31. The first-order chi connectivity index (χ1) is 16.0. The zero-order valence-electron chi connectivity index (χ0n) is 18.3. The molecule has 1 amide bonds. The topological polar surface area (TPSA) is 107 Å². The molecule has 170 valence electrons. The highest BCUT2D eigenvalue weighted by Gasteiger charge is 2.45. The van der Waals surface area contributed by atoms with Gasteiger partial charge in [0, 0.05) is 43.4 Å². The Hall–Kier alpha value is -4.14. The van der Waals surface area contributed by atoms with Gasteiger partial charge < -0.3 is 24.0 Å². The van der Waals surface area contributed by atoms with E-state index < -0.39 is 17.7 Å². The van der Waals surface area contributed by atoms with E-state index in [0.717, 1.165) is 0 Å². The fourth-order valence-corrected chi connectivity index (χ4v) is 3.98. The van der Waals surface area contributed by atoms with E-state index in [2.05, 4.69) is 9.97 Å². The number of methoxy groups -OCH3 is 2. The summed E-state index contributed by atoms with van der Waals surface area (Å²) in [4.78, 5) is 35.7. The third kappa shape index (κ3) is 4.30. The van der Waals surface area contributed by atoms with Crippen LogP contribution in [-0.4, -0.2) is 57.0 Å². The highest BCUT2D eigenvalue weighted by atomic mass is 16.5. The summed E-state index contributed by atoms with van der Waals surface area (Å²) < 4.78 is 12.5. The van der Waals surface area contributed by atoms with Gasteiger partial charge in [-0.3, -0.25) is 14.6 Å². The number of aliphatic hydroxyl groups is 1. The number of Topliss-reactive ketones (excluding diaryl/α,β-unsaturated/α-hetero) is 1. The second-order valence-electron chi connectivity index (χ2n) is 7.50. The van der Waals surface area contributed by atoms with Gasteiger partial charge in [0.25, 0.3) is 11.7 Å². The Morgan fingerprint density at radius 3 is 2.55 bits per heavy atom. The van der Waals surface area contributed by atoms with Crippen molar-refractivity contribution in [2.45, 2.75) is 19.0 Å². The van der Waals surface area contributed by atoms with Crippen LogP contribution in [0.25, 0.3) is 5.76 Å². The summed E-state index contributed by atoms with van der Waals surface area (Å²) in [7, 11) is 2.99. The molecule has 1 aromatic carbocycles. The fourth-order valence-electron chi connectivity index (χ4n) is 3.98. The summed E-state index contributed by atoms with van der Waals surface area (Å²) in [6.45, 7) is 0.962. The molecule has 9 nitrogen and oxygen atoms in total. The monoisotopic (exact) mass is 448 g/mol. The molecular formula is C24H24N4O5. The van der Waals surface area contributed by atoms with Crippen LogP contribution in [-0.2, 0) is 16.1 Å². The van der Waals surface area contributed by atoms with Crippen LogP contribution in [0, 0.1) is 0 Å². The van der Waals surface area contributed by atoms with Crippen molar-refractivity contribution in [3.63, 3.8) is 0 Å². The summed E-state index contributed by atoms with van der Waals surface area (Å²) in [5, 5.41) is 11.2. The van der Waals surface area contributed by atoms with E-state index in [9.17, 15) is 14.7 Å². The molecule has 0 bridgehead atoms. The number of likely N-dealkylation sites (tertiary alicyclic amines) is 1. The highest BCUT2D eigenvalue weighted by molar-refractivity contribution is 6.46. The number of rotatable bonds is 8. The zero-order valence-corrected chi connectivity index (χ0v) is 18.3. The van der Waals surface area contributed by atoms with E-state index in [4.69, 9.17) is 9.47 Å². The maximum absolute atomic E-state index is 13.1. The Labute approximate surface area is 190 Å². The third-order valence-electron chi connectivity index (χ3n) is 5.57. The number of imidazole rings is 1. The van der Waals surface area contributed by atoms with Gasteiger partial charge in [0.15, 0.2) is 11.5 Å². The first-order valence-corrected chi connectivity index (χ1v) is 10.4. The smallest absolute Gasteiger partial charge is 0.295 e. The molecule has 0 aliphatic carbocycles. The van der Waals surface area contributed by atoms with Crippen molar-refractivity contribution in [1.29, 1.82) is 0 Å². The summed E-state index contributed by atoms with van der Waals surface area (Å²) in [6, 6.07) is 7.58. The van der Waals surface area contributed by atoms with Crippen molar-refractivity contribution < 1.29 is 24.2 Å². The van der Waals surface area contributed by atoms with Crippen LogP contribution in [0.2, 0.25) is 0 Å². The molecule has 3 aromatic rings. The van der Waals surface area contributed by atoms with Gasteiger partial charge >= 0.3 is 0 Å². The van der Waals surface area contributed by atoms with E-state index in [-0.39, 0.29) is 11.3 Å². The highest BCUT2D eigenvalue weighted by Crippen LogP contribution is 2.40. The second-order valence-corrected chi connectivity index (χ2v) is 7.50. The number of aryl methyl sites for hydroxylation is 1. The van der Waals surface area contributed by atoms with Gasteiger partial charge in [-0.05, 0) is 36.2 Å². The van der Waals surface area contributed by atoms with E-state index in [1.165, 1.54) is 19.1 Å². The second kappa shape index (κ2) is 9.56. The lowest BCUT2D eigenvalue weighted by molar-refractivity contribution is -0.139. The largest absolute Gasteiger partial charge is 0.507 e. The molecule has 3 heterocycles. The summed E-state index contributed by atoms with van der Waals surface area (Å²) in [5.41, 5.74) is 1.00. The summed E-state index contributed by atoms with van der Waals surface area (Å²) >= 11 is 0. The number of aromatic nitrogens is 3. The Kier molecular flexibility index (Phi) is 6.39. The minimum absolute atomic E-state index is 0.0165. The number of ketones is 1. The van der Waals surface area contributed by atoms with Crippen LogP contribution in [0.15, 0.2) is 67.0 Å². The normalized spacial score (nSPS) is 17.4. The number of ether oxygens (including phenoxy) is 2. The van der Waals surface area contributed by atoms with Crippen molar-refractivity contribution in [3.8, 4) is 11.5 Å². The van der Waals surface area contributed by atoms with Crippen LogP contribution in [0.3, 0.4) is 0 Å². The van der Waals surface area contributed by atoms with E-state index in [1.54, 1.807) is 55.2 Å². The van der Waals surface area contributed by atoms with Crippen molar-refractivity contribution in [1.82, 2.24) is 19.4 Å². The van der Waals surface area contributed by atoms with E-state index >= 15 is 0 Å². The number of benzene rings is 1. The van der Waals surface area contributed by atoms with Crippen LogP contribution < -0.4 is 9.47 Å². The predicted molar refractivity (Wildman–Crippen MR) is 120 cm³/mol. The lowest BCUT2D eigenvalue weighted by Gasteiger charge is -2.25. The molecule has 0 radical (unpaired) electrons. The Morgan fingerprint density at radius 1 is 1.06 bits per heavy atom. The molecular weight excluding hydrogens is 424 g/mol. The van der Waals surface area contributed by atoms with Crippen molar-refractivity contribution in [2.75, 3.05) is 20.8 Å². The number of pyridine rings is 1. The van der Waals surface area contributed by atoms with Gasteiger partial charge in [-0.15, -0.1) is 0 Å². The molecule has 4 rings (SSSR count). The molecule has 1 saturated heterocycles. The Bertz CT molecular complexity index is 1170. The minimum Gasteiger partial charge on any atom is -0.507 e. The quantitative estimate of drug-likeness (QED) is 0.321. The maximum atomic E-state index is 13.1. The van der Waals surface area contributed by atoms with Gasteiger partial charge in [0.2, 0.25) is 0 Å². The number of carbonyl (C=O) groups excluding carboxylic acids is 2. The Balaban J connectivity index is 1.73. The van der Waals surface area contributed by atoms with Crippen molar-refractivity contribution in [3.05, 3.63) is 78.1 Å². The first kappa shape index (κ1) is 22.1. The van der Waals surface area contributed by atoms with Crippen LogP contribution in [0.1, 0.15) is 23.6 Å². The summed E-state index contributed by atoms with van der Waals surface area (Å²) in [5.74, 6) is -0.789. The minimum atomic E-state index is -0.755. The average molecular weight is 448 g/mol. The van der Waals surface area contributed by atoms with Gasteiger partial charge in [-0.25, -0.2) is 4.98 Å². The predicted octanol–water partition coefficient (Wildman–Crippen LogP) is 2.81. The van der Waals surface area contributed by atoms with Crippen LogP contribution in [0.4, 0.5) is 0 Å². The number of hydrogen-bond donors (Lipinski definition) is 1. The maximum Gasteiger partial charge on any atom is 0.295 e. The van der Waals surface area contributed by atoms with E-state index in [0.29, 0.717) is 42.1 Å². The number of nitrogens with zero attached hydrogens (tertiary/aromatic N) is 4. The van der Waals surface area contributed by atoms with Gasteiger partial charge in [0.1, 0.15) is 5.76 Å². The number of amides is 1. The van der Waals surface area contributed by atoms with Gasteiger partial charge in [-0.2, -0.15) is 0 Å². The molecule has 9 heteroatoms. The third-order valence-corrected chi connectivity index (χ3v) is 5.57. The van der Waals surface area contributed by atoms with Crippen molar-refractivity contribution in [2.24, 2.45) is 0 Å². The van der Waals surface area contributed by atoms with Gasteiger partial charge in [-0.1, -0.05) is 6.07 Å². The lowest BCUT2D eigenvalue weighted by atomic mass is 9.96. The molecule has 1 atom stereocenters. The molecule has 1 fully saturated rings. The number of aliphatic hydroxyl groups excluding tert-OH is 1. The zero-order chi connectivity index (χ0) is 23.4. The summed E-state index contributed by atoms with van der Waals surface area (Å²) in [6.07, 6.45) is 9.04. The van der Waals surface area contributed by atoms with Crippen LogP contribution in [0.5, 0.6) is 11.5 Å². The molecule has 0 saturated carbocycles. The molecule has 33 heavy (non-hydrogen) atoms. The van der Waals surface area contributed by atoms with E-state index in [1.807, 2.05) is 10.8 Å². The SMILES string of the molecule is COc1ccc(/C(O)=C2\C(=O)C(=O)N(CCCn3ccnc3)C2c2cccnc2)cc1OC. The molecule has 1 aliphatic heterocycles. The molecule has 2 aromatic heterocycles. The van der Waals surface area contributed by atoms with Gasteiger partial charge in [0.05, 0.1) is 32.2 Å². The molecule has 1 N–H and O–H groups in total. The standard InChI is InChI=1S/C24H24N4O5/c1-32-18-7-6-16(13-19(18)33-2)22(29)20-21(17-5-3-8-25-14-17)28(24(31)23(20)30)11-4-10-27-12-9-26-15-27/h3,5-9,12-15,21,29H,4,10-11H2,1-2H3/b22-20+. The number of hydrogen-bond acceptors (Lipinski definition) is 7. The Morgan fingerprint density at radius 2 is 1.88 bits per heavy atom. The molecule has 0 spiro atoms. The number of carbonyl (C=O) groups is 2. The molecule has 1 unspecified atom stereocenters. The average Bonchev–Trinajstić information content (AvgIpc) is 3.46. The van der Waals surface area contributed by atoms with Crippen LogP contribution >= 0.6 is 0 Å².